The topological polar surface area (TPSA) is 29.3 Å². The van der Waals surface area contributed by atoms with Crippen LogP contribution in [0.15, 0.2) is 72.8 Å². The number of fused-ring (bicyclic) bond motifs is 3. The normalized spacial score (nSPS) is 11.3. The van der Waals surface area contributed by atoms with Gasteiger partial charge in [0.05, 0.1) is 15.2 Å². The predicted molar refractivity (Wildman–Crippen MR) is 111 cm³/mol. The predicted octanol–water partition coefficient (Wildman–Crippen LogP) is 6.75. The number of thiazole rings is 1. The second-order valence-corrected chi connectivity index (χ2v) is 7.52. The Balaban J connectivity index is 1.79. The van der Waals surface area contributed by atoms with Gasteiger partial charge in [-0.3, -0.25) is 4.40 Å². The van der Waals surface area contributed by atoms with Gasteiger partial charge >= 0.3 is 0 Å². The standard InChI is InChI=1S/C21H13ClFN3S/c22-16-6-2-1-5-15(16)19-20(24-14-11-9-13(23)10-12-14)26-17-7-3-4-8-18(17)27-21(26)25-19/h1-12,24H. The lowest BCUT2D eigenvalue weighted by Crippen LogP contribution is -1.97. The molecule has 132 valence electrons. The third kappa shape index (κ3) is 2.76. The number of imidazole rings is 1. The highest BCUT2D eigenvalue weighted by Gasteiger charge is 2.20. The van der Waals surface area contributed by atoms with Gasteiger partial charge in [-0.15, -0.1) is 0 Å². The molecule has 0 aliphatic rings. The molecule has 3 aromatic carbocycles. The van der Waals surface area contributed by atoms with E-state index in [-0.39, 0.29) is 5.82 Å². The third-order valence-corrected chi connectivity index (χ3v) is 5.74. The first-order valence-corrected chi connectivity index (χ1v) is 9.57. The quantitative estimate of drug-likeness (QED) is 0.367. The molecule has 0 saturated heterocycles. The van der Waals surface area contributed by atoms with Crippen LogP contribution in [0.5, 0.6) is 0 Å². The minimum Gasteiger partial charge on any atom is -0.339 e. The van der Waals surface area contributed by atoms with Gasteiger partial charge in [0.15, 0.2) is 4.96 Å². The Morgan fingerprint density at radius 2 is 1.67 bits per heavy atom. The number of aromatic nitrogens is 2. The molecular weight excluding hydrogens is 381 g/mol. The summed E-state index contributed by atoms with van der Waals surface area (Å²) in [6, 6.07) is 22.1. The van der Waals surface area contributed by atoms with Crippen molar-refractivity contribution in [2.75, 3.05) is 5.32 Å². The average Bonchev–Trinajstić information content (AvgIpc) is 3.21. The van der Waals surface area contributed by atoms with E-state index in [4.69, 9.17) is 16.6 Å². The van der Waals surface area contributed by atoms with Crippen LogP contribution in [0.2, 0.25) is 5.02 Å². The Hall–Kier alpha value is -2.89. The Labute approximate surface area is 163 Å². The number of nitrogens with zero attached hydrogens (tertiary/aromatic N) is 2. The van der Waals surface area contributed by atoms with Crippen molar-refractivity contribution >= 4 is 49.6 Å². The highest BCUT2D eigenvalue weighted by atomic mass is 35.5. The Morgan fingerprint density at radius 1 is 0.926 bits per heavy atom. The maximum Gasteiger partial charge on any atom is 0.197 e. The molecule has 5 rings (SSSR count). The summed E-state index contributed by atoms with van der Waals surface area (Å²) < 4.78 is 16.5. The van der Waals surface area contributed by atoms with Crippen molar-refractivity contribution in [1.29, 1.82) is 0 Å². The molecule has 0 radical (unpaired) electrons. The highest BCUT2D eigenvalue weighted by molar-refractivity contribution is 7.23. The zero-order valence-electron chi connectivity index (χ0n) is 14.0. The summed E-state index contributed by atoms with van der Waals surface area (Å²) in [6.45, 7) is 0. The first-order valence-electron chi connectivity index (χ1n) is 8.38. The minimum absolute atomic E-state index is 0.272. The molecule has 0 aliphatic carbocycles. The van der Waals surface area contributed by atoms with Gasteiger partial charge in [0.1, 0.15) is 17.3 Å². The van der Waals surface area contributed by atoms with Gasteiger partial charge < -0.3 is 5.32 Å². The summed E-state index contributed by atoms with van der Waals surface area (Å²) in [6.07, 6.45) is 0. The smallest absolute Gasteiger partial charge is 0.197 e. The van der Waals surface area contributed by atoms with E-state index in [1.807, 2.05) is 36.4 Å². The summed E-state index contributed by atoms with van der Waals surface area (Å²) in [7, 11) is 0. The molecule has 2 heterocycles. The molecule has 3 nitrogen and oxygen atoms in total. The van der Waals surface area contributed by atoms with E-state index in [0.29, 0.717) is 5.02 Å². The van der Waals surface area contributed by atoms with Gasteiger partial charge in [-0.05, 0) is 42.5 Å². The summed E-state index contributed by atoms with van der Waals surface area (Å²) >= 11 is 8.06. The number of hydrogen-bond donors (Lipinski definition) is 1. The van der Waals surface area contributed by atoms with Crippen LogP contribution < -0.4 is 5.32 Å². The summed E-state index contributed by atoms with van der Waals surface area (Å²) in [5.41, 5.74) is 3.46. The lowest BCUT2D eigenvalue weighted by atomic mass is 10.1. The molecule has 6 heteroatoms. The highest BCUT2D eigenvalue weighted by Crippen LogP contribution is 2.39. The average molecular weight is 394 g/mol. The number of hydrogen-bond acceptors (Lipinski definition) is 3. The minimum atomic E-state index is -0.272. The summed E-state index contributed by atoms with van der Waals surface area (Å²) in [5.74, 6) is 0.536. The van der Waals surface area contributed by atoms with Crippen molar-refractivity contribution in [3.63, 3.8) is 0 Å². The SMILES string of the molecule is Fc1ccc(Nc2c(-c3ccccc3Cl)nc3sc4ccccc4n23)cc1. The number of rotatable bonds is 3. The van der Waals surface area contributed by atoms with Gasteiger partial charge in [0.25, 0.3) is 0 Å². The molecular formula is C21H13ClFN3S. The van der Waals surface area contributed by atoms with E-state index in [1.54, 1.807) is 23.5 Å². The lowest BCUT2D eigenvalue weighted by molar-refractivity contribution is 0.628. The van der Waals surface area contributed by atoms with E-state index < -0.39 is 0 Å². The molecule has 0 atom stereocenters. The zero-order valence-corrected chi connectivity index (χ0v) is 15.6. The maximum atomic E-state index is 13.3. The van der Waals surface area contributed by atoms with Crippen LogP contribution in [0.25, 0.3) is 26.4 Å². The summed E-state index contributed by atoms with van der Waals surface area (Å²) in [5, 5.41) is 4.04. The number of halogens is 2. The number of nitrogens with one attached hydrogen (secondary N) is 1. The van der Waals surface area contributed by atoms with Gasteiger partial charge in [-0.25, -0.2) is 9.37 Å². The van der Waals surface area contributed by atoms with Crippen LogP contribution in [0.1, 0.15) is 0 Å². The Morgan fingerprint density at radius 3 is 2.48 bits per heavy atom. The van der Waals surface area contributed by atoms with E-state index in [1.165, 1.54) is 12.1 Å². The second-order valence-electron chi connectivity index (χ2n) is 6.11. The van der Waals surface area contributed by atoms with E-state index >= 15 is 0 Å². The van der Waals surface area contributed by atoms with Crippen molar-refractivity contribution in [2.24, 2.45) is 0 Å². The molecule has 0 bridgehead atoms. The molecule has 0 unspecified atom stereocenters. The Bertz CT molecular complexity index is 1270. The fourth-order valence-electron chi connectivity index (χ4n) is 3.14. The van der Waals surface area contributed by atoms with Crippen LogP contribution in [0.4, 0.5) is 15.9 Å². The Kier molecular flexibility index (Phi) is 3.85. The molecule has 0 fully saturated rings. The fraction of sp³-hybridized carbons (Fsp3) is 0. The fourth-order valence-corrected chi connectivity index (χ4v) is 4.40. The first-order chi connectivity index (χ1) is 13.2. The molecule has 0 aliphatic heterocycles. The van der Waals surface area contributed by atoms with Crippen LogP contribution in [0, 0.1) is 5.82 Å². The monoisotopic (exact) mass is 393 g/mol. The van der Waals surface area contributed by atoms with Crippen molar-refractivity contribution in [3.05, 3.63) is 83.6 Å². The zero-order chi connectivity index (χ0) is 18.4. The second kappa shape index (κ2) is 6.37. The first kappa shape index (κ1) is 16.3. The van der Waals surface area contributed by atoms with Gasteiger partial charge in [-0.1, -0.05) is 53.3 Å². The van der Waals surface area contributed by atoms with Crippen LogP contribution in [-0.2, 0) is 0 Å². The van der Waals surface area contributed by atoms with Crippen molar-refractivity contribution in [3.8, 4) is 11.3 Å². The van der Waals surface area contributed by atoms with Crippen molar-refractivity contribution in [2.45, 2.75) is 0 Å². The molecule has 0 amide bonds. The summed E-state index contributed by atoms with van der Waals surface area (Å²) in [4.78, 5) is 5.73. The van der Waals surface area contributed by atoms with Crippen molar-refractivity contribution < 1.29 is 4.39 Å². The molecule has 2 aromatic heterocycles. The van der Waals surface area contributed by atoms with Crippen LogP contribution in [0.3, 0.4) is 0 Å². The van der Waals surface area contributed by atoms with Gasteiger partial charge in [-0.2, -0.15) is 0 Å². The van der Waals surface area contributed by atoms with Gasteiger partial charge in [0, 0.05) is 11.3 Å². The number of para-hydroxylation sites is 1. The molecule has 27 heavy (non-hydrogen) atoms. The van der Waals surface area contributed by atoms with E-state index in [0.717, 1.165) is 37.9 Å². The lowest BCUT2D eigenvalue weighted by Gasteiger charge is -2.10. The van der Waals surface area contributed by atoms with Crippen molar-refractivity contribution in [1.82, 2.24) is 9.38 Å². The number of benzene rings is 3. The molecule has 1 N–H and O–H groups in total. The third-order valence-electron chi connectivity index (χ3n) is 4.39. The largest absolute Gasteiger partial charge is 0.339 e. The van der Waals surface area contributed by atoms with E-state index in [2.05, 4.69) is 21.9 Å². The number of anilines is 2. The van der Waals surface area contributed by atoms with Crippen LogP contribution in [-0.4, -0.2) is 9.38 Å². The maximum absolute atomic E-state index is 13.3. The molecule has 0 saturated carbocycles. The van der Waals surface area contributed by atoms with E-state index in [9.17, 15) is 4.39 Å². The van der Waals surface area contributed by atoms with Gasteiger partial charge in [0.2, 0.25) is 0 Å². The molecule has 5 aromatic rings. The van der Waals surface area contributed by atoms with Crippen LogP contribution >= 0.6 is 22.9 Å². The molecule has 0 spiro atoms.